The van der Waals surface area contributed by atoms with Gasteiger partial charge in [-0.25, -0.2) is 4.79 Å². The maximum atomic E-state index is 11.6. The van der Waals surface area contributed by atoms with E-state index < -0.39 is 0 Å². The molecule has 0 spiro atoms. The van der Waals surface area contributed by atoms with Crippen LogP contribution in [0.25, 0.3) is 0 Å². The molecule has 1 aliphatic carbocycles. The first-order valence-electron chi connectivity index (χ1n) is 5.88. The second kappa shape index (κ2) is 5.95. The highest BCUT2D eigenvalue weighted by atomic mass is 16.6. The Hall–Kier alpha value is -0.770. The van der Waals surface area contributed by atoms with E-state index in [0.29, 0.717) is 18.7 Å². The molecule has 1 fully saturated rings. The van der Waals surface area contributed by atoms with Crippen LogP contribution >= 0.6 is 0 Å². The smallest absolute Gasteiger partial charge is 0.409 e. The van der Waals surface area contributed by atoms with Crippen LogP contribution in [0.15, 0.2) is 0 Å². The molecule has 0 saturated heterocycles. The summed E-state index contributed by atoms with van der Waals surface area (Å²) in [5.74, 6) is 0. The van der Waals surface area contributed by atoms with Crippen molar-refractivity contribution in [2.75, 3.05) is 13.2 Å². The van der Waals surface area contributed by atoms with Crippen molar-refractivity contribution in [3.05, 3.63) is 0 Å². The predicted octanol–water partition coefficient (Wildman–Crippen LogP) is 1.73. The van der Waals surface area contributed by atoms with Crippen LogP contribution in [0.5, 0.6) is 0 Å². The van der Waals surface area contributed by atoms with Gasteiger partial charge in [0, 0.05) is 18.6 Å². The summed E-state index contributed by atoms with van der Waals surface area (Å²) in [5.41, 5.74) is 5.84. The molecular weight excluding hydrogens is 192 g/mol. The van der Waals surface area contributed by atoms with Crippen LogP contribution in [0.4, 0.5) is 4.79 Å². The van der Waals surface area contributed by atoms with Gasteiger partial charge in [-0.3, -0.25) is 0 Å². The Bertz CT molecular complexity index is 201. The Morgan fingerprint density at radius 3 is 2.40 bits per heavy atom. The normalized spacial score (nSPS) is 26.1. The fourth-order valence-electron chi connectivity index (χ4n) is 2.16. The summed E-state index contributed by atoms with van der Waals surface area (Å²) in [6.45, 7) is 4.99. The highest BCUT2D eigenvalue weighted by molar-refractivity contribution is 5.67. The van der Waals surface area contributed by atoms with Gasteiger partial charge >= 0.3 is 6.09 Å². The molecule has 0 radical (unpaired) electrons. The molecule has 1 aliphatic rings. The molecule has 1 saturated carbocycles. The van der Waals surface area contributed by atoms with E-state index in [4.69, 9.17) is 10.5 Å². The quantitative estimate of drug-likeness (QED) is 0.778. The van der Waals surface area contributed by atoms with Crippen LogP contribution in [-0.2, 0) is 4.74 Å². The van der Waals surface area contributed by atoms with Gasteiger partial charge in [-0.1, -0.05) is 0 Å². The summed E-state index contributed by atoms with van der Waals surface area (Å²) in [6, 6.07) is 0.649. The number of amides is 1. The minimum absolute atomic E-state index is 0.180. The minimum atomic E-state index is -0.180. The number of hydrogen-bond acceptors (Lipinski definition) is 3. The van der Waals surface area contributed by atoms with Crippen LogP contribution in [0.3, 0.4) is 0 Å². The average Bonchev–Trinajstić information content (AvgIpc) is 2.22. The summed E-state index contributed by atoms with van der Waals surface area (Å²) < 4.78 is 5.03. The first kappa shape index (κ1) is 12.3. The monoisotopic (exact) mass is 214 g/mol. The third-order valence-electron chi connectivity index (χ3n) is 3.03. The molecule has 15 heavy (non-hydrogen) atoms. The van der Waals surface area contributed by atoms with Gasteiger partial charge in [0.2, 0.25) is 0 Å². The van der Waals surface area contributed by atoms with E-state index in [2.05, 4.69) is 0 Å². The fraction of sp³-hybridized carbons (Fsp3) is 0.909. The van der Waals surface area contributed by atoms with Crippen molar-refractivity contribution in [2.24, 2.45) is 5.73 Å². The molecule has 1 rings (SSSR count). The SMILES string of the molecule is CCOC(=O)N(CC)C1CCC(N)CC1. The summed E-state index contributed by atoms with van der Waals surface area (Å²) in [4.78, 5) is 13.5. The van der Waals surface area contributed by atoms with Gasteiger partial charge in [-0.15, -0.1) is 0 Å². The molecule has 88 valence electrons. The Labute approximate surface area is 91.8 Å². The number of carbonyl (C=O) groups is 1. The zero-order valence-corrected chi connectivity index (χ0v) is 9.74. The molecule has 4 heteroatoms. The van der Waals surface area contributed by atoms with Gasteiger partial charge in [0.25, 0.3) is 0 Å². The number of rotatable bonds is 3. The second-order valence-corrected chi connectivity index (χ2v) is 4.05. The van der Waals surface area contributed by atoms with Crippen molar-refractivity contribution in [3.8, 4) is 0 Å². The largest absolute Gasteiger partial charge is 0.450 e. The highest BCUT2D eigenvalue weighted by Gasteiger charge is 2.27. The number of nitrogens with zero attached hydrogens (tertiary/aromatic N) is 1. The van der Waals surface area contributed by atoms with E-state index in [1.165, 1.54) is 0 Å². The molecule has 0 aliphatic heterocycles. The molecular formula is C11H22N2O2. The van der Waals surface area contributed by atoms with E-state index in [1.54, 1.807) is 0 Å². The predicted molar refractivity (Wildman–Crippen MR) is 59.6 cm³/mol. The van der Waals surface area contributed by atoms with Crippen LogP contribution in [0.2, 0.25) is 0 Å². The molecule has 0 atom stereocenters. The molecule has 1 amide bonds. The molecule has 0 aromatic rings. The van der Waals surface area contributed by atoms with Crippen LogP contribution < -0.4 is 5.73 Å². The van der Waals surface area contributed by atoms with Crippen molar-refractivity contribution >= 4 is 6.09 Å². The second-order valence-electron chi connectivity index (χ2n) is 4.05. The molecule has 0 aromatic heterocycles. The average molecular weight is 214 g/mol. The van der Waals surface area contributed by atoms with Crippen molar-refractivity contribution in [1.82, 2.24) is 4.90 Å². The zero-order chi connectivity index (χ0) is 11.3. The topological polar surface area (TPSA) is 55.6 Å². The number of hydrogen-bond donors (Lipinski definition) is 1. The van der Waals surface area contributed by atoms with Gasteiger partial charge in [-0.05, 0) is 39.5 Å². The van der Waals surface area contributed by atoms with Gasteiger partial charge in [0.05, 0.1) is 6.61 Å². The molecule has 0 unspecified atom stereocenters. The lowest BCUT2D eigenvalue weighted by Gasteiger charge is -2.34. The molecule has 2 N–H and O–H groups in total. The lowest BCUT2D eigenvalue weighted by molar-refractivity contribution is 0.0819. The van der Waals surface area contributed by atoms with E-state index in [9.17, 15) is 4.79 Å². The van der Waals surface area contributed by atoms with Gasteiger partial charge in [0.1, 0.15) is 0 Å². The van der Waals surface area contributed by atoms with E-state index in [-0.39, 0.29) is 6.09 Å². The third-order valence-corrected chi connectivity index (χ3v) is 3.03. The van der Waals surface area contributed by atoms with Crippen molar-refractivity contribution in [2.45, 2.75) is 51.6 Å². The van der Waals surface area contributed by atoms with Crippen LogP contribution in [0.1, 0.15) is 39.5 Å². The number of nitrogens with two attached hydrogens (primary N) is 1. The first-order valence-corrected chi connectivity index (χ1v) is 5.88. The van der Waals surface area contributed by atoms with Crippen LogP contribution in [-0.4, -0.2) is 36.2 Å². The Balaban J connectivity index is 2.47. The number of ether oxygens (including phenoxy) is 1. The summed E-state index contributed by atoms with van der Waals surface area (Å²) in [5, 5.41) is 0. The highest BCUT2D eigenvalue weighted by Crippen LogP contribution is 2.22. The Morgan fingerprint density at radius 1 is 1.33 bits per heavy atom. The Kier molecular flexibility index (Phi) is 4.88. The van der Waals surface area contributed by atoms with E-state index >= 15 is 0 Å². The Morgan fingerprint density at radius 2 is 1.93 bits per heavy atom. The lowest BCUT2D eigenvalue weighted by Crippen LogP contribution is -2.44. The molecule has 0 heterocycles. The third kappa shape index (κ3) is 3.38. The molecule has 0 aromatic carbocycles. The lowest BCUT2D eigenvalue weighted by atomic mass is 9.91. The van der Waals surface area contributed by atoms with Crippen molar-refractivity contribution in [3.63, 3.8) is 0 Å². The van der Waals surface area contributed by atoms with Gasteiger partial charge in [0.15, 0.2) is 0 Å². The van der Waals surface area contributed by atoms with Gasteiger partial charge in [-0.2, -0.15) is 0 Å². The van der Waals surface area contributed by atoms with E-state index in [0.717, 1.165) is 32.2 Å². The fourth-order valence-corrected chi connectivity index (χ4v) is 2.16. The summed E-state index contributed by atoms with van der Waals surface area (Å²) in [6.07, 6.45) is 3.86. The standard InChI is InChI=1S/C11H22N2O2/c1-3-13(11(14)15-4-2)10-7-5-9(12)6-8-10/h9-10H,3-8,12H2,1-2H3. The molecule has 4 nitrogen and oxygen atoms in total. The first-order chi connectivity index (χ1) is 7.19. The minimum Gasteiger partial charge on any atom is -0.450 e. The number of carbonyl (C=O) groups excluding carboxylic acids is 1. The van der Waals surface area contributed by atoms with E-state index in [1.807, 2.05) is 18.7 Å². The van der Waals surface area contributed by atoms with Crippen molar-refractivity contribution < 1.29 is 9.53 Å². The molecule has 0 bridgehead atoms. The maximum Gasteiger partial charge on any atom is 0.409 e. The van der Waals surface area contributed by atoms with Crippen molar-refractivity contribution in [1.29, 1.82) is 0 Å². The zero-order valence-electron chi connectivity index (χ0n) is 9.74. The maximum absolute atomic E-state index is 11.6. The van der Waals surface area contributed by atoms with Crippen LogP contribution in [0, 0.1) is 0 Å². The van der Waals surface area contributed by atoms with Gasteiger partial charge < -0.3 is 15.4 Å². The summed E-state index contributed by atoms with van der Waals surface area (Å²) >= 11 is 0. The summed E-state index contributed by atoms with van der Waals surface area (Å²) in [7, 11) is 0.